The van der Waals surface area contributed by atoms with Gasteiger partial charge in [-0.2, -0.15) is 0 Å². The molecule has 0 saturated carbocycles. The van der Waals surface area contributed by atoms with E-state index in [2.05, 4.69) is 26.6 Å². The molecule has 0 aliphatic rings. The molecule has 0 spiro atoms. The smallest absolute Gasteiger partial charge is 0.256 e. The Labute approximate surface area is 183 Å². The summed E-state index contributed by atoms with van der Waals surface area (Å²) in [6.07, 6.45) is 0. The molecule has 0 aromatic heterocycles. The van der Waals surface area contributed by atoms with Gasteiger partial charge in [0.15, 0.2) is 0 Å². The van der Waals surface area contributed by atoms with Gasteiger partial charge in [0.2, 0.25) is 0 Å². The normalized spacial score (nSPS) is 10.4. The van der Waals surface area contributed by atoms with E-state index < -0.39 is 0 Å². The fourth-order valence-corrected chi connectivity index (χ4v) is 3.37. The van der Waals surface area contributed by atoms with Crippen molar-refractivity contribution in [3.63, 3.8) is 0 Å². The third kappa shape index (κ3) is 5.24. The van der Waals surface area contributed by atoms with Gasteiger partial charge in [-0.25, -0.2) is 4.39 Å². The van der Waals surface area contributed by atoms with Crippen molar-refractivity contribution in [2.75, 3.05) is 24.3 Å². The SMILES string of the molecule is CN(C)c1ccc(NC(=O)c2ccccc2Br)cc1C(=O)NCc1ccc(F)cc1. The van der Waals surface area contributed by atoms with E-state index in [0.29, 0.717) is 27.0 Å². The summed E-state index contributed by atoms with van der Waals surface area (Å²) in [6, 6.07) is 18.2. The summed E-state index contributed by atoms with van der Waals surface area (Å²) in [5.74, 6) is -0.897. The van der Waals surface area contributed by atoms with E-state index in [-0.39, 0.29) is 24.2 Å². The van der Waals surface area contributed by atoms with Crippen LogP contribution in [0.3, 0.4) is 0 Å². The van der Waals surface area contributed by atoms with E-state index in [1.54, 1.807) is 48.5 Å². The van der Waals surface area contributed by atoms with Gasteiger partial charge in [0.25, 0.3) is 11.8 Å². The van der Waals surface area contributed by atoms with E-state index in [1.807, 2.05) is 25.1 Å². The average Bonchev–Trinajstić information content (AvgIpc) is 2.73. The largest absolute Gasteiger partial charge is 0.377 e. The Kier molecular flexibility index (Phi) is 6.84. The molecule has 0 bridgehead atoms. The van der Waals surface area contributed by atoms with Gasteiger partial charge < -0.3 is 15.5 Å². The first-order valence-corrected chi connectivity index (χ1v) is 10.0. The van der Waals surface area contributed by atoms with E-state index in [9.17, 15) is 14.0 Å². The summed E-state index contributed by atoms with van der Waals surface area (Å²) in [6.45, 7) is 0.263. The quantitative estimate of drug-likeness (QED) is 0.542. The standard InChI is InChI=1S/C23H21BrFN3O2/c1-28(2)21-12-11-17(27-23(30)18-5-3-4-6-20(18)24)13-19(21)22(29)26-14-15-7-9-16(25)10-8-15/h3-13H,14H2,1-2H3,(H,26,29)(H,27,30). The zero-order valence-corrected chi connectivity index (χ0v) is 18.2. The second-order valence-corrected chi connectivity index (χ2v) is 7.72. The monoisotopic (exact) mass is 469 g/mol. The van der Waals surface area contributed by atoms with Gasteiger partial charge in [-0.15, -0.1) is 0 Å². The van der Waals surface area contributed by atoms with Crippen LogP contribution in [0.1, 0.15) is 26.3 Å². The van der Waals surface area contributed by atoms with Crippen LogP contribution < -0.4 is 15.5 Å². The maximum absolute atomic E-state index is 13.1. The summed E-state index contributed by atoms with van der Waals surface area (Å²) in [4.78, 5) is 27.3. The Morgan fingerprint density at radius 2 is 1.63 bits per heavy atom. The summed E-state index contributed by atoms with van der Waals surface area (Å²) in [5.41, 5.74) is 2.93. The van der Waals surface area contributed by atoms with Crippen LogP contribution in [0.15, 0.2) is 71.2 Å². The number of anilines is 2. The van der Waals surface area contributed by atoms with Gasteiger partial charge in [-0.05, 0) is 64.0 Å². The van der Waals surface area contributed by atoms with Gasteiger partial charge in [0, 0.05) is 36.5 Å². The molecular formula is C23H21BrFN3O2. The molecular weight excluding hydrogens is 449 g/mol. The molecule has 0 aliphatic carbocycles. The van der Waals surface area contributed by atoms with Crippen LogP contribution in [0, 0.1) is 5.82 Å². The number of halogens is 2. The molecule has 3 rings (SSSR count). The number of hydrogen-bond acceptors (Lipinski definition) is 3. The lowest BCUT2D eigenvalue weighted by molar-refractivity contribution is 0.0950. The Balaban J connectivity index is 1.80. The van der Waals surface area contributed by atoms with Crippen LogP contribution in [-0.4, -0.2) is 25.9 Å². The molecule has 0 saturated heterocycles. The zero-order valence-electron chi connectivity index (χ0n) is 16.6. The minimum absolute atomic E-state index is 0.263. The highest BCUT2D eigenvalue weighted by Gasteiger charge is 2.16. The average molecular weight is 470 g/mol. The fourth-order valence-electron chi connectivity index (χ4n) is 2.91. The molecule has 3 aromatic carbocycles. The number of nitrogens with one attached hydrogen (secondary N) is 2. The number of carbonyl (C=O) groups is 2. The number of nitrogens with zero attached hydrogens (tertiary/aromatic N) is 1. The third-order valence-electron chi connectivity index (χ3n) is 4.47. The van der Waals surface area contributed by atoms with Crippen LogP contribution in [-0.2, 0) is 6.54 Å². The van der Waals surface area contributed by atoms with Crippen LogP contribution in [0.5, 0.6) is 0 Å². The Bertz CT molecular complexity index is 1070. The third-order valence-corrected chi connectivity index (χ3v) is 5.16. The molecule has 2 amide bonds. The first-order valence-electron chi connectivity index (χ1n) is 9.25. The van der Waals surface area contributed by atoms with Crippen LogP contribution in [0.2, 0.25) is 0 Å². The zero-order chi connectivity index (χ0) is 21.7. The molecule has 0 heterocycles. The van der Waals surface area contributed by atoms with E-state index >= 15 is 0 Å². The molecule has 0 unspecified atom stereocenters. The molecule has 0 aliphatic heterocycles. The lowest BCUT2D eigenvalue weighted by atomic mass is 10.1. The van der Waals surface area contributed by atoms with Crippen molar-refractivity contribution in [1.82, 2.24) is 5.32 Å². The van der Waals surface area contributed by atoms with E-state index in [4.69, 9.17) is 0 Å². The van der Waals surface area contributed by atoms with Crippen molar-refractivity contribution in [3.8, 4) is 0 Å². The lowest BCUT2D eigenvalue weighted by Crippen LogP contribution is -2.25. The van der Waals surface area contributed by atoms with Crippen molar-refractivity contribution in [2.24, 2.45) is 0 Å². The predicted molar refractivity (Wildman–Crippen MR) is 120 cm³/mol. The lowest BCUT2D eigenvalue weighted by Gasteiger charge is -2.19. The topological polar surface area (TPSA) is 61.4 Å². The maximum atomic E-state index is 13.1. The van der Waals surface area contributed by atoms with E-state index in [0.717, 1.165) is 5.56 Å². The Hall–Kier alpha value is -3.19. The number of carbonyl (C=O) groups excluding carboxylic acids is 2. The van der Waals surface area contributed by atoms with Gasteiger partial charge in [-0.3, -0.25) is 9.59 Å². The van der Waals surface area contributed by atoms with Gasteiger partial charge in [0.1, 0.15) is 5.82 Å². The highest BCUT2D eigenvalue weighted by atomic mass is 79.9. The van der Waals surface area contributed by atoms with E-state index in [1.165, 1.54) is 12.1 Å². The molecule has 2 N–H and O–H groups in total. The highest BCUT2D eigenvalue weighted by Crippen LogP contribution is 2.24. The van der Waals surface area contributed by atoms with Crippen LogP contribution in [0.4, 0.5) is 15.8 Å². The number of amides is 2. The Morgan fingerprint density at radius 3 is 2.30 bits per heavy atom. The van der Waals surface area contributed by atoms with Crippen molar-refractivity contribution in [1.29, 1.82) is 0 Å². The minimum atomic E-state index is -0.325. The predicted octanol–water partition coefficient (Wildman–Crippen LogP) is 4.84. The van der Waals surface area contributed by atoms with Crippen LogP contribution in [0.25, 0.3) is 0 Å². The number of hydrogen-bond donors (Lipinski definition) is 2. The Morgan fingerprint density at radius 1 is 0.933 bits per heavy atom. The second-order valence-electron chi connectivity index (χ2n) is 6.87. The van der Waals surface area contributed by atoms with Crippen LogP contribution >= 0.6 is 15.9 Å². The number of rotatable bonds is 6. The molecule has 3 aromatic rings. The molecule has 154 valence electrons. The second kappa shape index (κ2) is 9.54. The molecule has 7 heteroatoms. The molecule has 0 fully saturated rings. The highest BCUT2D eigenvalue weighted by molar-refractivity contribution is 9.10. The molecule has 30 heavy (non-hydrogen) atoms. The van der Waals surface area contributed by atoms with Crippen molar-refractivity contribution in [3.05, 3.63) is 93.7 Å². The van der Waals surface area contributed by atoms with Crippen molar-refractivity contribution >= 4 is 39.1 Å². The summed E-state index contributed by atoms with van der Waals surface area (Å²) in [5, 5.41) is 5.67. The first-order chi connectivity index (χ1) is 14.3. The van der Waals surface area contributed by atoms with Gasteiger partial charge >= 0.3 is 0 Å². The summed E-state index contributed by atoms with van der Waals surface area (Å²) in [7, 11) is 3.68. The van der Waals surface area contributed by atoms with Crippen molar-refractivity contribution < 1.29 is 14.0 Å². The first kappa shape index (κ1) is 21.5. The fraction of sp³-hybridized carbons (Fsp3) is 0.130. The molecule has 0 atom stereocenters. The van der Waals surface area contributed by atoms with Crippen molar-refractivity contribution in [2.45, 2.75) is 6.54 Å². The number of benzene rings is 3. The summed E-state index contributed by atoms with van der Waals surface area (Å²) >= 11 is 3.37. The minimum Gasteiger partial charge on any atom is -0.377 e. The van der Waals surface area contributed by atoms with Gasteiger partial charge in [-0.1, -0.05) is 24.3 Å². The molecule has 5 nitrogen and oxygen atoms in total. The summed E-state index contributed by atoms with van der Waals surface area (Å²) < 4.78 is 13.7. The van der Waals surface area contributed by atoms with Gasteiger partial charge in [0.05, 0.1) is 11.1 Å². The molecule has 0 radical (unpaired) electrons. The maximum Gasteiger partial charge on any atom is 0.256 e.